The first-order valence-electron chi connectivity index (χ1n) is 9.57. The Morgan fingerprint density at radius 2 is 2.07 bits per heavy atom. The number of ether oxygens (including phenoxy) is 1. The van der Waals surface area contributed by atoms with E-state index in [1.165, 1.54) is 6.20 Å². The number of aromatic amines is 1. The topological polar surface area (TPSA) is 89.9 Å². The number of alkyl halides is 2. The first kappa shape index (κ1) is 19.2. The Morgan fingerprint density at radius 3 is 2.68 bits per heavy atom. The minimum atomic E-state index is -2.64. The molecular formula is C19H24F2N4O3. The largest absolute Gasteiger partial charge is 0.374 e. The number of aromatic nitrogens is 4. The summed E-state index contributed by atoms with van der Waals surface area (Å²) in [5.74, 6) is -2.25. The highest BCUT2D eigenvalue weighted by Gasteiger charge is 2.45. The van der Waals surface area contributed by atoms with Crippen molar-refractivity contribution < 1.29 is 18.3 Å². The third-order valence-electron chi connectivity index (χ3n) is 5.84. The van der Waals surface area contributed by atoms with Gasteiger partial charge in [-0.1, -0.05) is 0 Å². The fourth-order valence-electron chi connectivity index (χ4n) is 4.46. The number of fused-ring (bicyclic) bond motifs is 1. The van der Waals surface area contributed by atoms with Gasteiger partial charge < -0.3 is 14.5 Å². The van der Waals surface area contributed by atoms with Crippen LogP contribution in [-0.4, -0.2) is 44.2 Å². The quantitative estimate of drug-likeness (QED) is 0.806. The molecule has 152 valence electrons. The fraction of sp³-hybridized carbons (Fsp3) is 0.684. The van der Waals surface area contributed by atoms with Crippen LogP contribution in [0.1, 0.15) is 57.8 Å². The zero-order chi connectivity index (χ0) is 20.2. The van der Waals surface area contributed by atoms with Gasteiger partial charge in [-0.25, -0.2) is 18.4 Å². The third kappa shape index (κ3) is 3.47. The van der Waals surface area contributed by atoms with Crippen molar-refractivity contribution >= 4 is 17.3 Å². The van der Waals surface area contributed by atoms with Crippen LogP contribution in [0.2, 0.25) is 0 Å². The maximum Gasteiger partial charge on any atom is 0.262 e. The summed E-state index contributed by atoms with van der Waals surface area (Å²) in [5, 5.41) is 4.58. The Bertz CT molecular complexity index is 958. The lowest BCUT2D eigenvalue weighted by Crippen LogP contribution is -2.30. The molecule has 0 amide bonds. The summed E-state index contributed by atoms with van der Waals surface area (Å²) in [7, 11) is 0. The summed E-state index contributed by atoms with van der Waals surface area (Å²) in [6.07, 6.45) is 3.26. The van der Waals surface area contributed by atoms with Crippen molar-refractivity contribution in [3.8, 4) is 0 Å². The van der Waals surface area contributed by atoms with Crippen LogP contribution in [0.5, 0.6) is 0 Å². The molecule has 0 spiro atoms. The van der Waals surface area contributed by atoms with Crippen LogP contribution in [0.3, 0.4) is 0 Å². The molecule has 1 aliphatic heterocycles. The maximum atomic E-state index is 13.5. The highest BCUT2D eigenvalue weighted by molar-refractivity contribution is 5.73. The van der Waals surface area contributed by atoms with Crippen molar-refractivity contribution in [3.63, 3.8) is 0 Å². The average Bonchev–Trinajstić information content (AvgIpc) is 3.17. The van der Waals surface area contributed by atoms with Gasteiger partial charge in [0, 0.05) is 19.3 Å². The molecule has 1 N–H and O–H groups in total. The Morgan fingerprint density at radius 1 is 1.36 bits per heavy atom. The van der Waals surface area contributed by atoms with Crippen molar-refractivity contribution in [3.05, 3.63) is 22.4 Å². The second-order valence-electron chi connectivity index (χ2n) is 8.81. The number of carbonyl (C=O) groups is 1. The molecule has 4 rings (SSSR count). The van der Waals surface area contributed by atoms with Gasteiger partial charge >= 0.3 is 0 Å². The van der Waals surface area contributed by atoms with Crippen LogP contribution in [-0.2, 0) is 16.0 Å². The summed E-state index contributed by atoms with van der Waals surface area (Å²) in [6.45, 7) is 4.11. The number of hydrogen-bond donors (Lipinski definition) is 1. The molecule has 2 aromatic heterocycles. The van der Waals surface area contributed by atoms with E-state index >= 15 is 0 Å². The van der Waals surface area contributed by atoms with Crippen LogP contribution in [0.15, 0.2) is 11.0 Å². The minimum Gasteiger partial charge on any atom is -0.374 e. The van der Waals surface area contributed by atoms with E-state index < -0.39 is 16.9 Å². The van der Waals surface area contributed by atoms with Crippen molar-refractivity contribution in [2.24, 2.45) is 5.41 Å². The maximum absolute atomic E-state index is 13.5. The molecule has 2 aliphatic rings. The van der Waals surface area contributed by atoms with Crippen molar-refractivity contribution in [2.45, 2.75) is 69.9 Å². The molecule has 28 heavy (non-hydrogen) atoms. The van der Waals surface area contributed by atoms with Crippen molar-refractivity contribution in [1.82, 2.24) is 19.7 Å². The van der Waals surface area contributed by atoms with E-state index in [1.54, 1.807) is 4.68 Å². The molecule has 1 unspecified atom stereocenters. The highest BCUT2D eigenvalue weighted by Crippen LogP contribution is 2.40. The van der Waals surface area contributed by atoms with Crippen LogP contribution in [0, 0.1) is 5.41 Å². The third-order valence-corrected chi connectivity index (χ3v) is 5.84. The number of rotatable bonds is 4. The molecule has 2 fully saturated rings. The smallest absolute Gasteiger partial charge is 0.262 e. The van der Waals surface area contributed by atoms with Gasteiger partial charge in [0.15, 0.2) is 5.65 Å². The van der Waals surface area contributed by atoms with E-state index in [0.717, 1.165) is 6.29 Å². The van der Waals surface area contributed by atoms with Gasteiger partial charge in [0.25, 0.3) is 5.56 Å². The second kappa shape index (κ2) is 6.43. The van der Waals surface area contributed by atoms with Gasteiger partial charge in [0.2, 0.25) is 5.92 Å². The predicted octanol–water partition coefficient (Wildman–Crippen LogP) is 2.80. The zero-order valence-corrected chi connectivity index (χ0v) is 16.0. The predicted molar refractivity (Wildman–Crippen MR) is 97.4 cm³/mol. The molecule has 7 nitrogen and oxygen atoms in total. The van der Waals surface area contributed by atoms with E-state index in [2.05, 4.69) is 15.1 Å². The molecule has 0 aromatic carbocycles. The molecule has 9 heteroatoms. The average molecular weight is 394 g/mol. The Hall–Kier alpha value is -2.16. The minimum absolute atomic E-state index is 0.199. The Kier molecular flexibility index (Phi) is 4.41. The summed E-state index contributed by atoms with van der Waals surface area (Å²) < 4.78 is 34.3. The van der Waals surface area contributed by atoms with Gasteiger partial charge in [-0.2, -0.15) is 5.10 Å². The number of halogens is 2. The number of nitrogens with zero attached hydrogens (tertiary/aromatic N) is 3. The van der Waals surface area contributed by atoms with Crippen LogP contribution < -0.4 is 5.56 Å². The van der Waals surface area contributed by atoms with Crippen LogP contribution >= 0.6 is 0 Å². The molecule has 0 radical (unpaired) electrons. The molecule has 3 heterocycles. The van der Waals surface area contributed by atoms with Gasteiger partial charge in [0.1, 0.15) is 17.5 Å². The molecule has 2 aromatic rings. The Labute approximate surface area is 160 Å². The SMILES string of the molecule is CC1(C)CC(C=O)(Cc2nc3c(cnn3C3CCC(F)(F)CC3)c(=O)[nH]2)CO1. The normalized spacial score (nSPS) is 27.3. The van der Waals surface area contributed by atoms with E-state index in [-0.39, 0.29) is 50.3 Å². The molecule has 1 atom stereocenters. The molecule has 1 saturated heterocycles. The van der Waals surface area contributed by atoms with Crippen LogP contribution in [0.4, 0.5) is 8.78 Å². The summed E-state index contributed by atoms with van der Waals surface area (Å²) in [5.41, 5.74) is -1.12. The number of carbonyl (C=O) groups excluding carboxylic acids is 1. The molecular weight excluding hydrogens is 370 g/mol. The fourth-order valence-corrected chi connectivity index (χ4v) is 4.46. The monoisotopic (exact) mass is 394 g/mol. The van der Waals surface area contributed by atoms with E-state index in [4.69, 9.17) is 4.74 Å². The first-order chi connectivity index (χ1) is 13.1. The number of aldehydes is 1. The second-order valence-corrected chi connectivity index (χ2v) is 8.81. The standard InChI is InChI=1S/C19H24F2N4O3/c1-17(2)9-18(10-26,11-28-17)7-14-23-15-13(16(27)24-14)8-22-25(15)12-3-5-19(20,21)6-4-12/h8,10,12H,3-7,9,11H2,1-2H3,(H,23,24,27). The lowest BCUT2D eigenvalue weighted by molar-refractivity contribution is -0.116. The van der Waals surface area contributed by atoms with Crippen molar-refractivity contribution in [2.75, 3.05) is 6.61 Å². The number of nitrogens with one attached hydrogen (secondary N) is 1. The van der Waals surface area contributed by atoms with Gasteiger partial charge in [0.05, 0.1) is 29.9 Å². The van der Waals surface area contributed by atoms with Crippen LogP contribution in [0.25, 0.3) is 11.0 Å². The summed E-state index contributed by atoms with van der Waals surface area (Å²) in [6, 6.07) is -0.215. The summed E-state index contributed by atoms with van der Waals surface area (Å²) >= 11 is 0. The molecule has 1 aliphatic carbocycles. The van der Waals surface area contributed by atoms with Crippen molar-refractivity contribution in [1.29, 1.82) is 0 Å². The number of H-pyrrole nitrogens is 1. The summed E-state index contributed by atoms with van der Waals surface area (Å²) in [4.78, 5) is 31.6. The molecule has 0 bridgehead atoms. The van der Waals surface area contributed by atoms with Gasteiger partial charge in [-0.3, -0.25) is 4.79 Å². The van der Waals surface area contributed by atoms with E-state index in [9.17, 15) is 18.4 Å². The Balaban J connectivity index is 1.66. The number of hydrogen-bond acceptors (Lipinski definition) is 5. The van der Waals surface area contributed by atoms with Gasteiger partial charge in [-0.05, 0) is 33.1 Å². The zero-order valence-electron chi connectivity index (χ0n) is 16.0. The lowest BCUT2D eigenvalue weighted by atomic mass is 9.80. The van der Waals surface area contributed by atoms with E-state index in [0.29, 0.717) is 23.3 Å². The first-order valence-corrected chi connectivity index (χ1v) is 9.57. The van der Waals surface area contributed by atoms with E-state index in [1.807, 2.05) is 13.8 Å². The lowest BCUT2D eigenvalue weighted by Gasteiger charge is -2.28. The molecule has 1 saturated carbocycles. The van der Waals surface area contributed by atoms with Gasteiger partial charge in [-0.15, -0.1) is 0 Å². The highest BCUT2D eigenvalue weighted by atomic mass is 19.3.